The molecular formula is C14H23N3S2. The first kappa shape index (κ1) is 16.3. The van der Waals surface area contributed by atoms with E-state index in [2.05, 4.69) is 44.2 Å². The molecule has 1 atom stereocenters. The Morgan fingerprint density at radius 2 is 2.16 bits per heavy atom. The summed E-state index contributed by atoms with van der Waals surface area (Å²) in [6.45, 7) is 5.24. The zero-order chi connectivity index (χ0) is 14.4. The molecule has 0 fully saturated rings. The smallest absolute Gasteiger partial charge is 0.107 e. The van der Waals surface area contributed by atoms with E-state index in [1.807, 2.05) is 12.1 Å². The summed E-state index contributed by atoms with van der Waals surface area (Å²) in [6, 6.07) is 6.50. The van der Waals surface area contributed by atoms with Crippen molar-refractivity contribution in [1.29, 1.82) is 0 Å². The summed E-state index contributed by atoms with van der Waals surface area (Å²) in [5.41, 5.74) is 7.89. The molecule has 1 aromatic carbocycles. The van der Waals surface area contributed by atoms with Gasteiger partial charge in [0.25, 0.3) is 0 Å². The molecule has 5 heteroatoms. The minimum Gasteiger partial charge on any atom is -0.389 e. The average molecular weight is 297 g/mol. The molecule has 0 saturated carbocycles. The number of hydrogen-bond donors (Lipinski definition) is 2. The fraction of sp³-hybridized carbons (Fsp3) is 0.500. The van der Waals surface area contributed by atoms with Gasteiger partial charge in [0.05, 0.1) is 0 Å². The molecule has 0 aliphatic rings. The van der Waals surface area contributed by atoms with Crippen LogP contribution in [0, 0.1) is 0 Å². The number of thiocarbonyl (C=S) groups is 1. The van der Waals surface area contributed by atoms with Crippen molar-refractivity contribution in [2.75, 3.05) is 31.7 Å². The molecule has 3 N–H and O–H groups in total. The molecule has 0 saturated heterocycles. The maximum Gasteiger partial charge on any atom is 0.107 e. The molecule has 19 heavy (non-hydrogen) atoms. The monoisotopic (exact) mass is 297 g/mol. The van der Waals surface area contributed by atoms with Crippen LogP contribution in [0.3, 0.4) is 0 Å². The third-order valence-corrected chi connectivity index (χ3v) is 3.76. The van der Waals surface area contributed by atoms with E-state index in [1.165, 1.54) is 0 Å². The number of nitrogens with two attached hydrogens (primary N) is 1. The number of likely N-dealkylation sites (N-methyl/N-ethyl adjacent to an activating group) is 1. The van der Waals surface area contributed by atoms with Crippen LogP contribution in [-0.4, -0.2) is 42.3 Å². The summed E-state index contributed by atoms with van der Waals surface area (Å²) in [7, 11) is 4.13. The Balaban J connectivity index is 2.99. The van der Waals surface area contributed by atoms with Crippen LogP contribution < -0.4 is 11.1 Å². The van der Waals surface area contributed by atoms with Crippen molar-refractivity contribution in [3.8, 4) is 0 Å². The Bertz CT molecular complexity index is 433. The summed E-state index contributed by atoms with van der Waals surface area (Å²) in [4.78, 5) is 3.76. The van der Waals surface area contributed by atoms with Crippen LogP contribution in [0.15, 0.2) is 23.1 Å². The van der Waals surface area contributed by atoms with E-state index in [0.717, 1.165) is 28.4 Å². The molecule has 1 rings (SSSR count). The fourth-order valence-electron chi connectivity index (χ4n) is 2.04. The second-order valence-corrected chi connectivity index (χ2v) is 6.53. The summed E-state index contributed by atoms with van der Waals surface area (Å²) >= 11 is 6.97. The highest BCUT2D eigenvalue weighted by Gasteiger charge is 2.13. The Hall–Kier alpha value is -0.780. The SMILES string of the molecule is CCSc1cccc(NC(C)CN(C)C)c1C(N)=S. The van der Waals surface area contributed by atoms with Crippen LogP contribution in [0.2, 0.25) is 0 Å². The number of benzene rings is 1. The highest BCUT2D eigenvalue weighted by atomic mass is 32.2. The average Bonchev–Trinajstić information content (AvgIpc) is 2.27. The quantitative estimate of drug-likeness (QED) is 0.598. The molecule has 1 aromatic rings. The van der Waals surface area contributed by atoms with Gasteiger partial charge in [0.15, 0.2) is 0 Å². The van der Waals surface area contributed by atoms with Gasteiger partial charge in [-0.3, -0.25) is 0 Å². The normalized spacial score (nSPS) is 12.5. The minimum absolute atomic E-state index is 0.338. The fourth-order valence-corrected chi connectivity index (χ4v) is 3.17. The van der Waals surface area contributed by atoms with Gasteiger partial charge in [-0.25, -0.2) is 0 Å². The number of thioether (sulfide) groups is 1. The third kappa shape index (κ3) is 5.01. The van der Waals surface area contributed by atoms with E-state index in [9.17, 15) is 0 Å². The molecule has 0 amide bonds. The first-order chi connectivity index (χ1) is 8.95. The van der Waals surface area contributed by atoms with Crippen molar-refractivity contribution in [2.24, 2.45) is 5.73 Å². The van der Waals surface area contributed by atoms with Crippen LogP contribution >= 0.6 is 24.0 Å². The second kappa shape index (κ2) is 7.72. The molecule has 0 radical (unpaired) electrons. The highest BCUT2D eigenvalue weighted by molar-refractivity contribution is 7.99. The summed E-state index contributed by atoms with van der Waals surface area (Å²) in [5.74, 6) is 1.01. The van der Waals surface area contributed by atoms with Crippen molar-refractivity contribution in [3.05, 3.63) is 23.8 Å². The maximum atomic E-state index is 5.89. The van der Waals surface area contributed by atoms with E-state index in [1.54, 1.807) is 11.8 Å². The number of anilines is 1. The predicted octanol–water partition coefficient (Wildman–Crippen LogP) is 2.79. The van der Waals surface area contributed by atoms with E-state index >= 15 is 0 Å². The Morgan fingerprint density at radius 1 is 1.47 bits per heavy atom. The second-order valence-electron chi connectivity index (χ2n) is 4.78. The lowest BCUT2D eigenvalue weighted by atomic mass is 10.1. The Kier molecular flexibility index (Phi) is 6.62. The van der Waals surface area contributed by atoms with E-state index in [0.29, 0.717) is 11.0 Å². The molecule has 0 heterocycles. The molecule has 106 valence electrons. The molecule has 0 spiro atoms. The zero-order valence-corrected chi connectivity index (χ0v) is 13.7. The number of hydrogen-bond acceptors (Lipinski definition) is 4. The van der Waals surface area contributed by atoms with Gasteiger partial charge in [-0.2, -0.15) is 0 Å². The van der Waals surface area contributed by atoms with Gasteiger partial charge < -0.3 is 16.0 Å². The van der Waals surface area contributed by atoms with Gasteiger partial charge in [0, 0.05) is 28.7 Å². The van der Waals surface area contributed by atoms with Crippen LogP contribution in [0.4, 0.5) is 5.69 Å². The molecule has 0 aliphatic heterocycles. The van der Waals surface area contributed by atoms with E-state index in [-0.39, 0.29) is 0 Å². The highest BCUT2D eigenvalue weighted by Crippen LogP contribution is 2.29. The van der Waals surface area contributed by atoms with Crippen molar-refractivity contribution in [2.45, 2.75) is 24.8 Å². The number of nitrogens with one attached hydrogen (secondary N) is 1. The van der Waals surface area contributed by atoms with Gasteiger partial charge in [-0.05, 0) is 38.9 Å². The molecule has 0 bridgehead atoms. The minimum atomic E-state index is 0.338. The first-order valence-electron chi connectivity index (χ1n) is 6.42. The lowest BCUT2D eigenvalue weighted by molar-refractivity contribution is 0.392. The van der Waals surface area contributed by atoms with E-state index < -0.39 is 0 Å². The molecule has 3 nitrogen and oxygen atoms in total. The summed E-state index contributed by atoms with van der Waals surface area (Å²) in [5, 5.41) is 3.50. The van der Waals surface area contributed by atoms with Gasteiger partial charge in [0.1, 0.15) is 4.99 Å². The number of rotatable bonds is 7. The van der Waals surface area contributed by atoms with Crippen molar-refractivity contribution in [3.63, 3.8) is 0 Å². The lowest BCUT2D eigenvalue weighted by Gasteiger charge is -2.22. The van der Waals surface area contributed by atoms with Gasteiger partial charge in [-0.15, -0.1) is 11.8 Å². The maximum absolute atomic E-state index is 5.89. The van der Waals surface area contributed by atoms with Gasteiger partial charge in [0.2, 0.25) is 0 Å². The summed E-state index contributed by atoms with van der Waals surface area (Å²) < 4.78 is 0. The summed E-state index contributed by atoms with van der Waals surface area (Å²) in [6.07, 6.45) is 0. The number of nitrogens with zero attached hydrogens (tertiary/aromatic N) is 1. The van der Waals surface area contributed by atoms with Crippen LogP contribution in [-0.2, 0) is 0 Å². The zero-order valence-electron chi connectivity index (χ0n) is 12.1. The molecular weight excluding hydrogens is 274 g/mol. The lowest BCUT2D eigenvalue weighted by Crippen LogP contribution is -2.30. The van der Waals surface area contributed by atoms with Gasteiger partial charge in [-0.1, -0.05) is 25.2 Å². The molecule has 1 unspecified atom stereocenters. The first-order valence-corrected chi connectivity index (χ1v) is 7.82. The van der Waals surface area contributed by atoms with Crippen LogP contribution in [0.5, 0.6) is 0 Å². The predicted molar refractivity (Wildman–Crippen MR) is 90.4 cm³/mol. The van der Waals surface area contributed by atoms with Crippen molar-refractivity contribution in [1.82, 2.24) is 4.90 Å². The topological polar surface area (TPSA) is 41.3 Å². The van der Waals surface area contributed by atoms with Crippen molar-refractivity contribution < 1.29 is 0 Å². The van der Waals surface area contributed by atoms with Crippen LogP contribution in [0.25, 0.3) is 0 Å². The molecule has 0 aliphatic carbocycles. The largest absolute Gasteiger partial charge is 0.389 e. The van der Waals surface area contributed by atoms with Crippen LogP contribution in [0.1, 0.15) is 19.4 Å². The molecule has 0 aromatic heterocycles. The standard InChI is InChI=1S/C14H23N3S2/c1-5-19-12-8-6-7-11(13(12)14(15)18)16-10(2)9-17(3)4/h6-8,10,16H,5,9H2,1-4H3,(H2,15,18). The van der Waals surface area contributed by atoms with Crippen molar-refractivity contribution >= 4 is 34.7 Å². The van der Waals surface area contributed by atoms with Gasteiger partial charge >= 0.3 is 0 Å². The Labute approximate surface area is 125 Å². The van der Waals surface area contributed by atoms with E-state index in [4.69, 9.17) is 18.0 Å². The third-order valence-electron chi connectivity index (χ3n) is 2.61. The Morgan fingerprint density at radius 3 is 2.68 bits per heavy atom.